The Bertz CT molecular complexity index is 1380. The molecular formula is C25H23ClN4O5. The van der Waals surface area contributed by atoms with Gasteiger partial charge in [-0.25, -0.2) is 9.69 Å². The smallest absolute Gasteiger partial charge is 0.335 e. The Morgan fingerprint density at radius 3 is 2.69 bits per heavy atom. The summed E-state index contributed by atoms with van der Waals surface area (Å²) < 4.78 is 6.68. The number of hydrogen-bond donors (Lipinski definition) is 2. The Labute approximate surface area is 206 Å². The first-order chi connectivity index (χ1) is 16.8. The molecule has 1 aliphatic rings. The Hall–Kier alpha value is -3.95. The summed E-state index contributed by atoms with van der Waals surface area (Å²) in [6, 6.07) is 11.2. The molecule has 180 valence electrons. The van der Waals surface area contributed by atoms with Gasteiger partial charge >= 0.3 is 6.03 Å². The van der Waals surface area contributed by atoms with Crippen LogP contribution in [0.25, 0.3) is 17.0 Å². The number of hydrogen-bond acceptors (Lipinski definition) is 5. The minimum Gasteiger partial charge on any atom is -0.383 e. The Morgan fingerprint density at radius 1 is 1.17 bits per heavy atom. The molecule has 0 radical (unpaired) electrons. The first-order valence-corrected chi connectivity index (χ1v) is 11.2. The molecule has 1 aliphatic heterocycles. The average Bonchev–Trinajstić information content (AvgIpc) is 3.16. The standard InChI is InChI=1S/C25H23ClN4O5/c1-15-7-8-17(12-20(15)26)30-24(33)19(23(32)28-25(30)34)11-16-13-29(14-22(31)27-9-10-35-2)21-6-4-3-5-18(16)21/h3-8,11-13H,9-10,14H2,1-2H3,(H,27,31)(H,28,32,34). The largest absolute Gasteiger partial charge is 0.383 e. The van der Waals surface area contributed by atoms with E-state index in [9.17, 15) is 19.2 Å². The lowest BCUT2D eigenvalue weighted by Crippen LogP contribution is -2.54. The second-order valence-electron chi connectivity index (χ2n) is 7.96. The molecule has 0 atom stereocenters. The maximum atomic E-state index is 13.3. The van der Waals surface area contributed by atoms with Crippen molar-refractivity contribution in [3.63, 3.8) is 0 Å². The first kappa shape index (κ1) is 24.2. The molecule has 4 rings (SSSR count). The Balaban J connectivity index is 1.70. The van der Waals surface area contributed by atoms with E-state index in [4.69, 9.17) is 16.3 Å². The maximum Gasteiger partial charge on any atom is 0.335 e. The SMILES string of the molecule is COCCNC(=O)Cn1cc(C=C2C(=O)NC(=O)N(c3ccc(C)c(Cl)c3)C2=O)c2ccccc21. The fourth-order valence-corrected chi connectivity index (χ4v) is 3.97. The van der Waals surface area contributed by atoms with Gasteiger partial charge in [-0.2, -0.15) is 0 Å². The average molecular weight is 495 g/mol. The molecule has 5 amide bonds. The van der Waals surface area contributed by atoms with Gasteiger partial charge in [0.2, 0.25) is 5.91 Å². The lowest BCUT2D eigenvalue weighted by Gasteiger charge is -2.26. The maximum absolute atomic E-state index is 13.3. The Morgan fingerprint density at radius 2 is 1.94 bits per heavy atom. The van der Waals surface area contributed by atoms with Crippen LogP contribution in [0.4, 0.5) is 10.5 Å². The van der Waals surface area contributed by atoms with Crippen molar-refractivity contribution < 1.29 is 23.9 Å². The van der Waals surface area contributed by atoms with Crippen molar-refractivity contribution >= 4 is 58.0 Å². The number of aromatic nitrogens is 1. The fraction of sp³-hybridized carbons (Fsp3) is 0.200. The lowest BCUT2D eigenvalue weighted by atomic mass is 10.1. The molecule has 2 heterocycles. The van der Waals surface area contributed by atoms with Crippen LogP contribution in [0.1, 0.15) is 11.1 Å². The molecule has 3 aromatic rings. The summed E-state index contributed by atoms with van der Waals surface area (Å²) in [5, 5.41) is 6.11. The van der Waals surface area contributed by atoms with Gasteiger partial charge in [-0.1, -0.05) is 35.9 Å². The van der Waals surface area contributed by atoms with E-state index in [1.807, 2.05) is 24.3 Å². The number of halogens is 1. The summed E-state index contributed by atoms with van der Waals surface area (Å²) in [4.78, 5) is 51.6. The first-order valence-electron chi connectivity index (χ1n) is 10.8. The van der Waals surface area contributed by atoms with Gasteiger partial charge < -0.3 is 14.6 Å². The number of carbonyl (C=O) groups is 4. The van der Waals surface area contributed by atoms with Gasteiger partial charge in [0.05, 0.1) is 12.3 Å². The number of nitrogens with one attached hydrogen (secondary N) is 2. The summed E-state index contributed by atoms with van der Waals surface area (Å²) in [5.74, 6) is -1.78. The number of ether oxygens (including phenoxy) is 1. The van der Waals surface area contributed by atoms with Crippen molar-refractivity contribution in [2.24, 2.45) is 0 Å². The van der Waals surface area contributed by atoms with Crippen LogP contribution in [-0.2, 0) is 25.7 Å². The molecule has 1 saturated heterocycles. The number of fused-ring (bicyclic) bond motifs is 1. The second kappa shape index (κ2) is 10.1. The molecule has 0 spiro atoms. The van der Waals surface area contributed by atoms with Gasteiger partial charge in [0.15, 0.2) is 0 Å². The summed E-state index contributed by atoms with van der Waals surface area (Å²) in [6.07, 6.45) is 3.12. The number of aryl methyl sites for hydroxylation is 1. The van der Waals surface area contributed by atoms with E-state index in [0.29, 0.717) is 23.7 Å². The van der Waals surface area contributed by atoms with Crippen molar-refractivity contribution in [2.75, 3.05) is 25.2 Å². The minimum atomic E-state index is -0.854. The molecule has 35 heavy (non-hydrogen) atoms. The van der Waals surface area contributed by atoms with Crippen molar-refractivity contribution in [2.45, 2.75) is 13.5 Å². The molecule has 2 N–H and O–H groups in total. The van der Waals surface area contributed by atoms with E-state index in [1.165, 1.54) is 12.1 Å². The molecule has 1 fully saturated rings. The Kier molecular flexibility index (Phi) is 6.99. The second-order valence-corrected chi connectivity index (χ2v) is 8.37. The van der Waals surface area contributed by atoms with Crippen LogP contribution in [0.15, 0.2) is 54.2 Å². The zero-order chi connectivity index (χ0) is 25.1. The normalized spacial score (nSPS) is 15.1. The zero-order valence-electron chi connectivity index (χ0n) is 19.1. The number of carbonyl (C=O) groups excluding carboxylic acids is 4. The number of anilines is 1. The number of barbiturate groups is 1. The van der Waals surface area contributed by atoms with Gasteiger partial charge in [-0.05, 0) is 36.8 Å². The van der Waals surface area contributed by atoms with E-state index in [1.54, 1.807) is 36.9 Å². The molecule has 1 aromatic heterocycles. The number of nitrogens with zero attached hydrogens (tertiary/aromatic N) is 2. The molecule has 10 heteroatoms. The van der Waals surface area contributed by atoms with Crippen LogP contribution >= 0.6 is 11.6 Å². The highest BCUT2D eigenvalue weighted by Crippen LogP contribution is 2.28. The molecule has 9 nitrogen and oxygen atoms in total. The third-order valence-corrected chi connectivity index (χ3v) is 5.98. The van der Waals surface area contributed by atoms with Crippen molar-refractivity contribution in [3.8, 4) is 0 Å². The number of urea groups is 1. The van der Waals surface area contributed by atoms with Gasteiger partial charge in [0.1, 0.15) is 12.1 Å². The van der Waals surface area contributed by atoms with Crippen LogP contribution < -0.4 is 15.5 Å². The molecule has 0 unspecified atom stereocenters. The summed E-state index contributed by atoms with van der Waals surface area (Å²) in [7, 11) is 1.55. The van der Waals surface area contributed by atoms with E-state index >= 15 is 0 Å². The van der Waals surface area contributed by atoms with Crippen LogP contribution in [0.5, 0.6) is 0 Å². The van der Waals surface area contributed by atoms with Crippen LogP contribution in [0.3, 0.4) is 0 Å². The topological polar surface area (TPSA) is 110 Å². The number of amides is 5. The molecular weight excluding hydrogens is 472 g/mol. The van der Waals surface area contributed by atoms with Gasteiger partial charge in [0, 0.05) is 41.3 Å². The highest BCUT2D eigenvalue weighted by atomic mass is 35.5. The zero-order valence-corrected chi connectivity index (χ0v) is 19.9. The number of rotatable bonds is 7. The van der Waals surface area contributed by atoms with Gasteiger partial charge in [-0.3, -0.25) is 19.7 Å². The summed E-state index contributed by atoms with van der Waals surface area (Å²) in [6.45, 7) is 2.62. The van der Waals surface area contributed by atoms with E-state index in [2.05, 4.69) is 10.6 Å². The minimum absolute atomic E-state index is 0.0417. The van der Waals surface area contributed by atoms with Gasteiger partial charge in [0.25, 0.3) is 11.8 Å². The van der Waals surface area contributed by atoms with Crippen molar-refractivity contribution in [1.29, 1.82) is 0 Å². The summed E-state index contributed by atoms with van der Waals surface area (Å²) >= 11 is 6.18. The predicted molar refractivity (Wildman–Crippen MR) is 132 cm³/mol. The third-order valence-electron chi connectivity index (χ3n) is 5.58. The van der Waals surface area contributed by atoms with E-state index in [0.717, 1.165) is 21.4 Å². The summed E-state index contributed by atoms with van der Waals surface area (Å²) in [5.41, 5.74) is 2.12. The fourth-order valence-electron chi connectivity index (χ4n) is 3.79. The number of para-hydroxylation sites is 1. The number of methoxy groups -OCH3 is 1. The quantitative estimate of drug-likeness (QED) is 0.298. The van der Waals surface area contributed by atoms with E-state index < -0.39 is 17.8 Å². The van der Waals surface area contributed by atoms with Crippen molar-refractivity contribution in [1.82, 2.24) is 15.2 Å². The van der Waals surface area contributed by atoms with Crippen LogP contribution in [-0.4, -0.2) is 48.6 Å². The predicted octanol–water partition coefficient (Wildman–Crippen LogP) is 3.03. The van der Waals surface area contributed by atoms with Gasteiger partial charge in [-0.15, -0.1) is 0 Å². The molecule has 0 saturated carbocycles. The molecule has 0 aliphatic carbocycles. The number of benzene rings is 2. The van der Waals surface area contributed by atoms with Crippen molar-refractivity contribution in [3.05, 3.63) is 70.4 Å². The van der Waals surface area contributed by atoms with Crippen LogP contribution in [0, 0.1) is 6.92 Å². The van der Waals surface area contributed by atoms with Crippen LogP contribution in [0.2, 0.25) is 5.02 Å². The lowest BCUT2D eigenvalue weighted by molar-refractivity contribution is -0.123. The van der Waals surface area contributed by atoms with E-state index in [-0.39, 0.29) is 23.7 Å². The highest BCUT2D eigenvalue weighted by molar-refractivity contribution is 6.39. The number of imide groups is 2. The highest BCUT2D eigenvalue weighted by Gasteiger charge is 2.37. The monoisotopic (exact) mass is 494 g/mol. The molecule has 0 bridgehead atoms. The molecule has 2 aromatic carbocycles. The third kappa shape index (κ3) is 4.96.